The van der Waals surface area contributed by atoms with Gasteiger partial charge in [0, 0.05) is 24.8 Å². The van der Waals surface area contributed by atoms with Gasteiger partial charge in [0.1, 0.15) is 6.29 Å². The average molecular weight is 389 g/mol. The molecule has 3 atom stereocenters. The molecule has 1 aliphatic heterocycles. The predicted molar refractivity (Wildman–Crippen MR) is 103 cm³/mol. The zero-order chi connectivity index (χ0) is 18.4. The lowest BCUT2D eigenvalue weighted by Gasteiger charge is -2.37. The van der Waals surface area contributed by atoms with E-state index in [4.69, 9.17) is 23.2 Å². The number of amides is 2. The molecule has 1 saturated heterocycles. The molecule has 9 heteroatoms. The minimum absolute atomic E-state index is 0.131. The van der Waals surface area contributed by atoms with E-state index in [0.29, 0.717) is 15.7 Å². The number of likely N-dealkylation sites (N-methyl/N-ethyl adjacent to an activating group) is 1. The number of halogens is 2. The van der Waals surface area contributed by atoms with Crippen molar-refractivity contribution in [2.24, 2.45) is 0 Å². The fourth-order valence-corrected chi connectivity index (χ4v) is 2.88. The zero-order valence-electron chi connectivity index (χ0n) is 14.7. The van der Waals surface area contributed by atoms with Gasteiger partial charge in [-0.25, -0.2) is 4.79 Å². The fourth-order valence-electron chi connectivity index (χ4n) is 2.58. The highest BCUT2D eigenvalue weighted by Crippen LogP contribution is 2.24. The van der Waals surface area contributed by atoms with E-state index in [1.807, 2.05) is 14.1 Å². The Morgan fingerprint density at radius 2 is 2.04 bits per heavy atom. The molecule has 2 rings (SSSR count). The van der Waals surface area contributed by atoms with Crippen LogP contribution in [-0.2, 0) is 0 Å². The maximum Gasteiger partial charge on any atom is 0.321 e. The molecule has 2 amide bonds. The lowest BCUT2D eigenvalue weighted by atomic mass is 10.1. The lowest BCUT2D eigenvalue weighted by Crippen LogP contribution is -2.68. The van der Waals surface area contributed by atoms with E-state index < -0.39 is 0 Å². The second-order valence-corrected chi connectivity index (χ2v) is 7.25. The molecule has 0 aromatic heterocycles. The lowest BCUT2D eigenvalue weighted by molar-refractivity contribution is 0.191. The van der Waals surface area contributed by atoms with Crippen molar-refractivity contribution >= 4 is 34.9 Å². The molecule has 0 radical (unpaired) electrons. The van der Waals surface area contributed by atoms with E-state index >= 15 is 0 Å². The first-order chi connectivity index (χ1) is 11.8. The molecule has 0 spiro atoms. The first-order valence-corrected chi connectivity index (χ1v) is 9.02. The standard InChI is InChI=1S/C16H26Cl2N6O/c1-10-8-14(19-6-7-24(2)3)22-15(20-10)23-16(25)21-11-4-5-12(17)13(18)9-11/h4-5,9-10,14-15,19-20,22H,6-8H2,1-3H3,(H2,21,23,25). The minimum Gasteiger partial charge on any atom is -0.310 e. The second-order valence-electron chi connectivity index (χ2n) is 6.44. The highest BCUT2D eigenvalue weighted by Gasteiger charge is 2.25. The molecule has 0 bridgehead atoms. The van der Waals surface area contributed by atoms with Gasteiger partial charge >= 0.3 is 6.03 Å². The van der Waals surface area contributed by atoms with Crippen molar-refractivity contribution in [2.75, 3.05) is 32.5 Å². The molecule has 1 heterocycles. The minimum atomic E-state index is -0.330. The van der Waals surface area contributed by atoms with Crippen LogP contribution in [0.1, 0.15) is 13.3 Å². The van der Waals surface area contributed by atoms with Gasteiger partial charge in [-0.05, 0) is 45.6 Å². The molecule has 1 fully saturated rings. The summed E-state index contributed by atoms with van der Waals surface area (Å²) in [7, 11) is 4.08. The maximum absolute atomic E-state index is 12.2. The molecule has 7 nitrogen and oxygen atoms in total. The number of nitrogens with zero attached hydrogens (tertiary/aromatic N) is 1. The van der Waals surface area contributed by atoms with E-state index in [9.17, 15) is 4.79 Å². The summed E-state index contributed by atoms with van der Waals surface area (Å²) in [5.41, 5.74) is 0.580. The van der Waals surface area contributed by atoms with Crippen LogP contribution in [0.2, 0.25) is 10.0 Å². The number of nitrogens with one attached hydrogen (secondary N) is 5. The van der Waals surface area contributed by atoms with Gasteiger partial charge in [-0.1, -0.05) is 23.2 Å². The largest absolute Gasteiger partial charge is 0.321 e. The summed E-state index contributed by atoms with van der Waals surface area (Å²) < 4.78 is 0. The van der Waals surface area contributed by atoms with Crippen LogP contribution in [0.5, 0.6) is 0 Å². The van der Waals surface area contributed by atoms with Crippen molar-refractivity contribution in [1.29, 1.82) is 0 Å². The van der Waals surface area contributed by atoms with E-state index in [0.717, 1.165) is 19.5 Å². The van der Waals surface area contributed by atoms with Gasteiger partial charge in [0.25, 0.3) is 0 Å². The van der Waals surface area contributed by atoms with E-state index in [1.165, 1.54) is 0 Å². The summed E-state index contributed by atoms with van der Waals surface area (Å²) in [5, 5.41) is 16.5. The van der Waals surface area contributed by atoms with Crippen molar-refractivity contribution in [3.63, 3.8) is 0 Å². The molecule has 5 N–H and O–H groups in total. The number of urea groups is 1. The van der Waals surface area contributed by atoms with Crippen LogP contribution < -0.4 is 26.6 Å². The van der Waals surface area contributed by atoms with Crippen LogP contribution in [0.3, 0.4) is 0 Å². The normalized spacial score (nSPS) is 23.5. The second kappa shape index (κ2) is 9.56. The molecule has 0 aliphatic carbocycles. The Bertz CT molecular complexity index is 586. The molecular weight excluding hydrogens is 363 g/mol. The molecule has 1 aliphatic rings. The van der Waals surface area contributed by atoms with Crippen LogP contribution in [0.4, 0.5) is 10.5 Å². The molecule has 1 aromatic rings. The van der Waals surface area contributed by atoms with Crippen LogP contribution in [0.15, 0.2) is 18.2 Å². The van der Waals surface area contributed by atoms with Crippen molar-refractivity contribution in [3.8, 4) is 0 Å². The highest BCUT2D eigenvalue weighted by molar-refractivity contribution is 6.42. The Hall–Kier alpha value is -1.09. The van der Waals surface area contributed by atoms with Gasteiger partial charge in [-0.15, -0.1) is 0 Å². The SMILES string of the molecule is CC1CC(NCCN(C)C)NC(NC(=O)Nc2ccc(Cl)c(Cl)c2)N1. The van der Waals surface area contributed by atoms with Gasteiger partial charge in [0.05, 0.1) is 16.2 Å². The van der Waals surface area contributed by atoms with Crippen molar-refractivity contribution in [3.05, 3.63) is 28.2 Å². The summed E-state index contributed by atoms with van der Waals surface area (Å²) in [6, 6.07) is 4.89. The van der Waals surface area contributed by atoms with Gasteiger partial charge in [0.2, 0.25) is 0 Å². The monoisotopic (exact) mass is 388 g/mol. The average Bonchev–Trinajstić information content (AvgIpc) is 2.50. The summed E-state index contributed by atoms with van der Waals surface area (Å²) in [5.74, 6) is 0. The van der Waals surface area contributed by atoms with Crippen molar-refractivity contribution < 1.29 is 4.79 Å². The first kappa shape index (κ1) is 20.2. The molecule has 3 unspecified atom stereocenters. The third-order valence-electron chi connectivity index (χ3n) is 3.81. The van der Waals surface area contributed by atoms with Crippen LogP contribution in [0, 0.1) is 0 Å². The molecular formula is C16H26Cl2N6O. The predicted octanol–water partition coefficient (Wildman–Crippen LogP) is 1.85. The Morgan fingerprint density at radius 1 is 1.28 bits per heavy atom. The molecule has 25 heavy (non-hydrogen) atoms. The Morgan fingerprint density at radius 3 is 2.72 bits per heavy atom. The number of hydrogen-bond donors (Lipinski definition) is 5. The summed E-state index contributed by atoms with van der Waals surface area (Å²) in [6.07, 6.45) is 0.731. The van der Waals surface area contributed by atoms with E-state index in [2.05, 4.69) is 38.4 Å². The number of anilines is 1. The van der Waals surface area contributed by atoms with Crippen LogP contribution in [-0.4, -0.2) is 56.6 Å². The van der Waals surface area contributed by atoms with Crippen molar-refractivity contribution in [2.45, 2.75) is 31.8 Å². The Labute approximate surface area is 158 Å². The third-order valence-corrected chi connectivity index (χ3v) is 4.55. The van der Waals surface area contributed by atoms with Gasteiger partial charge in [-0.2, -0.15) is 0 Å². The topological polar surface area (TPSA) is 80.5 Å². The first-order valence-electron chi connectivity index (χ1n) is 8.26. The number of carbonyl (C=O) groups is 1. The number of rotatable bonds is 6. The van der Waals surface area contributed by atoms with E-state index in [-0.39, 0.29) is 24.5 Å². The quantitative estimate of drug-likeness (QED) is 0.513. The summed E-state index contributed by atoms with van der Waals surface area (Å²) >= 11 is 11.8. The van der Waals surface area contributed by atoms with Crippen molar-refractivity contribution in [1.82, 2.24) is 26.2 Å². The zero-order valence-corrected chi connectivity index (χ0v) is 16.2. The van der Waals surface area contributed by atoms with Gasteiger partial charge in [0.15, 0.2) is 0 Å². The molecule has 140 valence electrons. The highest BCUT2D eigenvalue weighted by atomic mass is 35.5. The Balaban J connectivity index is 1.83. The van der Waals surface area contributed by atoms with Crippen LogP contribution in [0.25, 0.3) is 0 Å². The third kappa shape index (κ3) is 6.97. The number of hydrogen-bond acceptors (Lipinski definition) is 5. The Kier molecular flexibility index (Phi) is 7.74. The van der Waals surface area contributed by atoms with Crippen LogP contribution >= 0.6 is 23.2 Å². The number of benzene rings is 1. The molecule has 1 aromatic carbocycles. The fraction of sp³-hybridized carbons (Fsp3) is 0.562. The summed E-state index contributed by atoms with van der Waals surface area (Å²) in [6.45, 7) is 3.92. The number of carbonyl (C=O) groups excluding carboxylic acids is 1. The smallest absolute Gasteiger partial charge is 0.310 e. The van der Waals surface area contributed by atoms with Gasteiger partial charge in [-0.3, -0.25) is 10.6 Å². The van der Waals surface area contributed by atoms with Gasteiger partial charge < -0.3 is 20.9 Å². The maximum atomic E-state index is 12.2. The van der Waals surface area contributed by atoms with E-state index in [1.54, 1.807) is 18.2 Å². The summed E-state index contributed by atoms with van der Waals surface area (Å²) in [4.78, 5) is 14.3. The molecule has 0 saturated carbocycles.